The van der Waals surface area contributed by atoms with E-state index in [9.17, 15) is 14.4 Å². The monoisotopic (exact) mass is 449 g/mol. The molecule has 2 aromatic rings. The van der Waals surface area contributed by atoms with Gasteiger partial charge < -0.3 is 15.1 Å². The standard InChI is InChI=1S/C27H35N3O3/c1-5-19(3)24(28-25(31)22-14-12-21(6-2)13-15-22)27(33)29-16-17-30(20(4)18-29)26(32)23-10-8-7-9-11-23/h7-15,19-20,24H,5-6,16-18H2,1-4H3,(H,28,31). The van der Waals surface area contributed by atoms with E-state index in [0.717, 1.165) is 18.4 Å². The van der Waals surface area contributed by atoms with Gasteiger partial charge in [0.2, 0.25) is 5.91 Å². The van der Waals surface area contributed by atoms with E-state index < -0.39 is 6.04 Å². The molecule has 6 heteroatoms. The average Bonchev–Trinajstić information content (AvgIpc) is 2.86. The topological polar surface area (TPSA) is 69.7 Å². The number of hydrogen-bond donors (Lipinski definition) is 1. The minimum absolute atomic E-state index is 0.00403. The lowest BCUT2D eigenvalue weighted by Gasteiger charge is -2.41. The Kier molecular flexibility index (Phi) is 8.26. The summed E-state index contributed by atoms with van der Waals surface area (Å²) in [5.74, 6) is -0.336. The van der Waals surface area contributed by atoms with E-state index in [1.54, 1.807) is 4.90 Å². The largest absolute Gasteiger partial charge is 0.340 e. The number of rotatable bonds is 7. The van der Waals surface area contributed by atoms with Crippen molar-refractivity contribution in [1.82, 2.24) is 15.1 Å². The van der Waals surface area contributed by atoms with Gasteiger partial charge in [0.1, 0.15) is 6.04 Å². The molecule has 1 saturated heterocycles. The molecule has 2 aromatic carbocycles. The van der Waals surface area contributed by atoms with Gasteiger partial charge in [0.05, 0.1) is 0 Å². The van der Waals surface area contributed by atoms with Crippen molar-refractivity contribution in [2.45, 2.75) is 52.6 Å². The number of carbonyl (C=O) groups excluding carboxylic acids is 3. The Balaban J connectivity index is 1.68. The molecular formula is C27H35N3O3. The van der Waals surface area contributed by atoms with E-state index in [1.807, 2.05) is 80.3 Å². The molecule has 1 fully saturated rings. The maximum Gasteiger partial charge on any atom is 0.254 e. The van der Waals surface area contributed by atoms with Crippen LogP contribution < -0.4 is 5.32 Å². The van der Waals surface area contributed by atoms with Crippen LogP contribution in [0.15, 0.2) is 54.6 Å². The van der Waals surface area contributed by atoms with Crippen LogP contribution in [0.4, 0.5) is 0 Å². The summed E-state index contributed by atoms with van der Waals surface area (Å²) in [4.78, 5) is 42.9. The van der Waals surface area contributed by atoms with Gasteiger partial charge in [-0.05, 0) is 49.1 Å². The van der Waals surface area contributed by atoms with Crippen molar-refractivity contribution < 1.29 is 14.4 Å². The van der Waals surface area contributed by atoms with Gasteiger partial charge in [-0.15, -0.1) is 0 Å². The molecule has 176 valence electrons. The van der Waals surface area contributed by atoms with Gasteiger partial charge in [-0.2, -0.15) is 0 Å². The third kappa shape index (κ3) is 5.81. The van der Waals surface area contributed by atoms with E-state index in [4.69, 9.17) is 0 Å². The molecular weight excluding hydrogens is 414 g/mol. The molecule has 3 atom stereocenters. The first-order valence-corrected chi connectivity index (χ1v) is 11.9. The first kappa shape index (κ1) is 24.5. The molecule has 1 aliphatic heterocycles. The normalized spacial score (nSPS) is 17.9. The molecule has 0 aliphatic carbocycles. The van der Waals surface area contributed by atoms with Crippen LogP contribution in [0.1, 0.15) is 60.4 Å². The zero-order chi connectivity index (χ0) is 24.0. The van der Waals surface area contributed by atoms with E-state index in [0.29, 0.717) is 30.8 Å². The van der Waals surface area contributed by atoms with Crippen LogP contribution in [0.2, 0.25) is 0 Å². The van der Waals surface area contributed by atoms with E-state index in [-0.39, 0.29) is 29.7 Å². The van der Waals surface area contributed by atoms with Crippen LogP contribution in [-0.2, 0) is 11.2 Å². The van der Waals surface area contributed by atoms with E-state index in [2.05, 4.69) is 12.2 Å². The first-order chi connectivity index (χ1) is 15.8. The molecule has 0 radical (unpaired) electrons. The lowest BCUT2D eigenvalue weighted by molar-refractivity contribution is -0.137. The smallest absolute Gasteiger partial charge is 0.254 e. The predicted octanol–water partition coefficient (Wildman–Crippen LogP) is 3.77. The summed E-state index contributed by atoms with van der Waals surface area (Å²) in [5, 5.41) is 2.98. The van der Waals surface area contributed by atoms with Crippen molar-refractivity contribution in [3.63, 3.8) is 0 Å². The summed E-state index contributed by atoms with van der Waals surface area (Å²) in [6.45, 7) is 9.42. The highest BCUT2D eigenvalue weighted by atomic mass is 16.2. The van der Waals surface area contributed by atoms with Crippen molar-refractivity contribution in [3.05, 3.63) is 71.3 Å². The fraction of sp³-hybridized carbons (Fsp3) is 0.444. The van der Waals surface area contributed by atoms with Crippen LogP contribution >= 0.6 is 0 Å². The number of carbonyl (C=O) groups is 3. The average molecular weight is 450 g/mol. The molecule has 1 N–H and O–H groups in total. The number of amides is 3. The lowest BCUT2D eigenvalue weighted by atomic mass is 9.96. The molecule has 1 heterocycles. The maximum atomic E-state index is 13.5. The highest BCUT2D eigenvalue weighted by Gasteiger charge is 2.35. The van der Waals surface area contributed by atoms with Gasteiger partial charge in [-0.1, -0.05) is 57.5 Å². The zero-order valence-corrected chi connectivity index (χ0v) is 20.1. The van der Waals surface area contributed by atoms with Crippen molar-refractivity contribution in [2.24, 2.45) is 5.92 Å². The molecule has 0 bridgehead atoms. The van der Waals surface area contributed by atoms with Gasteiger partial charge in [0.25, 0.3) is 11.8 Å². The van der Waals surface area contributed by atoms with Crippen LogP contribution in [0.25, 0.3) is 0 Å². The van der Waals surface area contributed by atoms with Crippen molar-refractivity contribution >= 4 is 17.7 Å². The zero-order valence-electron chi connectivity index (χ0n) is 20.1. The van der Waals surface area contributed by atoms with Gasteiger partial charge in [0, 0.05) is 36.8 Å². The number of piperazine rings is 1. The molecule has 0 saturated carbocycles. The molecule has 3 rings (SSSR count). The quantitative estimate of drug-likeness (QED) is 0.700. The number of nitrogens with one attached hydrogen (secondary N) is 1. The third-order valence-corrected chi connectivity index (χ3v) is 6.61. The van der Waals surface area contributed by atoms with Crippen molar-refractivity contribution in [1.29, 1.82) is 0 Å². The fourth-order valence-corrected chi connectivity index (χ4v) is 4.20. The molecule has 0 aromatic heterocycles. The Bertz CT molecular complexity index is 958. The Hall–Kier alpha value is -3.15. The van der Waals surface area contributed by atoms with Crippen molar-refractivity contribution in [2.75, 3.05) is 19.6 Å². The molecule has 33 heavy (non-hydrogen) atoms. The SMILES string of the molecule is CCc1ccc(C(=O)NC(C(=O)N2CCN(C(=O)c3ccccc3)C(C)C2)C(C)CC)cc1. The van der Waals surface area contributed by atoms with Gasteiger partial charge in [-0.25, -0.2) is 0 Å². The Labute approximate surface area is 197 Å². The number of benzene rings is 2. The summed E-state index contributed by atoms with van der Waals surface area (Å²) in [7, 11) is 0. The summed E-state index contributed by atoms with van der Waals surface area (Å²) < 4.78 is 0. The Morgan fingerprint density at radius 3 is 2.21 bits per heavy atom. The minimum Gasteiger partial charge on any atom is -0.340 e. The lowest BCUT2D eigenvalue weighted by Crippen LogP contribution is -2.60. The predicted molar refractivity (Wildman–Crippen MR) is 130 cm³/mol. The van der Waals surface area contributed by atoms with Crippen LogP contribution in [0, 0.1) is 5.92 Å². The van der Waals surface area contributed by atoms with Crippen LogP contribution in [-0.4, -0.2) is 59.2 Å². The van der Waals surface area contributed by atoms with Crippen LogP contribution in [0.3, 0.4) is 0 Å². The Morgan fingerprint density at radius 1 is 0.970 bits per heavy atom. The van der Waals surface area contributed by atoms with E-state index >= 15 is 0 Å². The van der Waals surface area contributed by atoms with Gasteiger partial charge in [0.15, 0.2) is 0 Å². The second kappa shape index (κ2) is 11.1. The molecule has 3 amide bonds. The summed E-state index contributed by atoms with van der Waals surface area (Å²) in [6.07, 6.45) is 1.68. The van der Waals surface area contributed by atoms with Crippen LogP contribution in [0.5, 0.6) is 0 Å². The van der Waals surface area contributed by atoms with Gasteiger partial charge in [-0.3, -0.25) is 14.4 Å². The third-order valence-electron chi connectivity index (χ3n) is 6.61. The number of aryl methyl sites for hydroxylation is 1. The first-order valence-electron chi connectivity index (χ1n) is 11.9. The van der Waals surface area contributed by atoms with Gasteiger partial charge >= 0.3 is 0 Å². The van der Waals surface area contributed by atoms with Crippen molar-refractivity contribution in [3.8, 4) is 0 Å². The second-order valence-electron chi connectivity index (χ2n) is 8.88. The molecule has 0 spiro atoms. The second-order valence-corrected chi connectivity index (χ2v) is 8.88. The molecule has 1 aliphatic rings. The highest BCUT2D eigenvalue weighted by Crippen LogP contribution is 2.18. The van der Waals surface area contributed by atoms with E-state index in [1.165, 1.54) is 0 Å². The summed E-state index contributed by atoms with van der Waals surface area (Å²) in [5.41, 5.74) is 2.38. The minimum atomic E-state index is -0.600. The molecule has 6 nitrogen and oxygen atoms in total. The fourth-order valence-electron chi connectivity index (χ4n) is 4.20. The molecule has 3 unspecified atom stereocenters. The number of hydrogen-bond acceptors (Lipinski definition) is 3. The number of nitrogens with zero attached hydrogens (tertiary/aromatic N) is 2. The summed E-state index contributed by atoms with van der Waals surface area (Å²) >= 11 is 0. The highest BCUT2D eigenvalue weighted by molar-refractivity contribution is 5.98. The Morgan fingerprint density at radius 2 is 1.64 bits per heavy atom. The summed E-state index contributed by atoms with van der Waals surface area (Å²) in [6, 6.07) is 16.0. The maximum absolute atomic E-state index is 13.5.